The second kappa shape index (κ2) is 7.03. The number of rotatable bonds is 5. The maximum atomic E-state index is 11.3. The molecule has 0 aliphatic rings. The first-order valence-electron chi connectivity index (χ1n) is 6.04. The van der Waals surface area contributed by atoms with Crippen molar-refractivity contribution in [3.8, 4) is 5.75 Å². The van der Waals surface area contributed by atoms with Gasteiger partial charge in [-0.1, -0.05) is 40.9 Å². The second-order valence-corrected chi connectivity index (χ2v) is 5.69. The highest BCUT2D eigenvalue weighted by molar-refractivity contribution is 6.34. The van der Waals surface area contributed by atoms with Crippen LogP contribution < -0.4 is 4.74 Å². The monoisotopic (exact) mass is 344 g/mol. The van der Waals surface area contributed by atoms with E-state index in [1.807, 2.05) is 0 Å². The van der Waals surface area contributed by atoms with Crippen molar-refractivity contribution in [3.05, 3.63) is 63.1 Å². The Labute approximate surface area is 137 Å². The van der Waals surface area contributed by atoms with Gasteiger partial charge in [0.25, 0.3) is 0 Å². The minimum absolute atomic E-state index is 0.141. The van der Waals surface area contributed by atoms with Crippen LogP contribution in [0.25, 0.3) is 0 Å². The summed E-state index contributed by atoms with van der Waals surface area (Å²) in [4.78, 5) is 11.3. The smallest absolute Gasteiger partial charge is 0.345 e. The molecule has 0 spiro atoms. The molecular formula is C15H11Cl3O3. The summed E-state index contributed by atoms with van der Waals surface area (Å²) in [5.74, 6) is -0.686. The Kier molecular flexibility index (Phi) is 5.34. The van der Waals surface area contributed by atoms with E-state index in [1.54, 1.807) is 42.5 Å². The van der Waals surface area contributed by atoms with Crippen molar-refractivity contribution in [1.29, 1.82) is 0 Å². The van der Waals surface area contributed by atoms with Gasteiger partial charge in [0.2, 0.25) is 0 Å². The van der Waals surface area contributed by atoms with Gasteiger partial charge >= 0.3 is 5.97 Å². The highest BCUT2D eigenvalue weighted by Crippen LogP contribution is 2.23. The van der Waals surface area contributed by atoms with Gasteiger partial charge in [-0.25, -0.2) is 4.79 Å². The SMILES string of the molecule is O=C(O)[C@H](Cc1cc(Cl)cc(Cl)c1)Oc1cccc(Cl)c1. The molecule has 1 atom stereocenters. The fraction of sp³-hybridized carbons (Fsp3) is 0.133. The number of benzene rings is 2. The summed E-state index contributed by atoms with van der Waals surface area (Å²) in [5.41, 5.74) is 0.682. The summed E-state index contributed by atoms with van der Waals surface area (Å²) in [6.45, 7) is 0. The Balaban J connectivity index is 2.17. The van der Waals surface area contributed by atoms with Gasteiger partial charge in [-0.2, -0.15) is 0 Å². The number of halogens is 3. The van der Waals surface area contributed by atoms with Crippen molar-refractivity contribution < 1.29 is 14.6 Å². The van der Waals surface area contributed by atoms with E-state index in [9.17, 15) is 9.90 Å². The lowest BCUT2D eigenvalue weighted by atomic mass is 10.1. The maximum Gasteiger partial charge on any atom is 0.345 e. The van der Waals surface area contributed by atoms with Gasteiger partial charge < -0.3 is 9.84 Å². The molecule has 2 rings (SSSR count). The van der Waals surface area contributed by atoms with Crippen molar-refractivity contribution in [2.75, 3.05) is 0 Å². The summed E-state index contributed by atoms with van der Waals surface area (Å²) in [5, 5.41) is 10.7. The number of aliphatic carboxylic acids is 1. The van der Waals surface area contributed by atoms with Crippen LogP contribution in [0.1, 0.15) is 5.56 Å². The van der Waals surface area contributed by atoms with E-state index in [0.29, 0.717) is 26.4 Å². The van der Waals surface area contributed by atoms with E-state index in [1.165, 1.54) is 0 Å². The number of carboxylic acids is 1. The number of hydrogen-bond acceptors (Lipinski definition) is 2. The molecule has 0 saturated carbocycles. The number of ether oxygens (including phenoxy) is 1. The highest BCUT2D eigenvalue weighted by atomic mass is 35.5. The third-order valence-corrected chi connectivity index (χ3v) is 3.36. The van der Waals surface area contributed by atoms with E-state index in [4.69, 9.17) is 39.5 Å². The molecule has 0 radical (unpaired) electrons. The molecule has 110 valence electrons. The van der Waals surface area contributed by atoms with Crippen LogP contribution in [0.15, 0.2) is 42.5 Å². The van der Waals surface area contributed by atoms with E-state index in [-0.39, 0.29) is 6.42 Å². The van der Waals surface area contributed by atoms with Crippen LogP contribution in [0, 0.1) is 0 Å². The molecule has 0 unspecified atom stereocenters. The molecule has 2 aromatic rings. The molecule has 21 heavy (non-hydrogen) atoms. The van der Waals surface area contributed by atoms with Crippen LogP contribution >= 0.6 is 34.8 Å². The third-order valence-electron chi connectivity index (χ3n) is 2.69. The van der Waals surface area contributed by atoms with Crippen LogP contribution in [0.3, 0.4) is 0 Å². The number of carbonyl (C=O) groups is 1. The minimum Gasteiger partial charge on any atom is -0.478 e. The summed E-state index contributed by atoms with van der Waals surface area (Å²) in [6.07, 6.45) is -0.916. The molecule has 2 aromatic carbocycles. The minimum atomic E-state index is -1.08. The van der Waals surface area contributed by atoms with Crippen molar-refractivity contribution >= 4 is 40.8 Å². The van der Waals surface area contributed by atoms with Gasteiger partial charge in [0.05, 0.1) is 0 Å². The molecule has 0 aliphatic carbocycles. The van der Waals surface area contributed by atoms with Gasteiger partial charge in [0, 0.05) is 21.5 Å². The fourth-order valence-electron chi connectivity index (χ4n) is 1.83. The number of hydrogen-bond donors (Lipinski definition) is 1. The normalized spacial score (nSPS) is 12.0. The van der Waals surface area contributed by atoms with E-state index >= 15 is 0 Å². The zero-order valence-corrected chi connectivity index (χ0v) is 13.0. The van der Waals surface area contributed by atoms with Crippen LogP contribution in [0.4, 0.5) is 0 Å². The molecular weight excluding hydrogens is 335 g/mol. The van der Waals surface area contributed by atoms with Crippen molar-refractivity contribution in [1.82, 2.24) is 0 Å². The van der Waals surface area contributed by atoms with E-state index < -0.39 is 12.1 Å². The molecule has 0 fully saturated rings. The summed E-state index contributed by atoms with van der Waals surface area (Å²) < 4.78 is 5.47. The fourth-order valence-corrected chi connectivity index (χ4v) is 2.58. The summed E-state index contributed by atoms with van der Waals surface area (Å²) in [6, 6.07) is 11.5. The Bertz CT molecular complexity index is 638. The molecule has 0 saturated heterocycles. The zero-order valence-electron chi connectivity index (χ0n) is 10.7. The van der Waals surface area contributed by atoms with Crippen molar-refractivity contribution in [2.45, 2.75) is 12.5 Å². The van der Waals surface area contributed by atoms with Gasteiger partial charge in [0.15, 0.2) is 6.10 Å². The van der Waals surface area contributed by atoms with Crippen LogP contribution in [0.2, 0.25) is 15.1 Å². The average molecular weight is 346 g/mol. The van der Waals surface area contributed by atoms with Crippen LogP contribution in [0.5, 0.6) is 5.75 Å². The first-order chi connectivity index (χ1) is 9.94. The molecule has 0 amide bonds. The van der Waals surface area contributed by atoms with Gasteiger partial charge in [0.1, 0.15) is 5.75 Å². The lowest BCUT2D eigenvalue weighted by Crippen LogP contribution is -2.29. The predicted molar refractivity (Wildman–Crippen MR) is 83.7 cm³/mol. The Hall–Kier alpha value is -1.42. The maximum absolute atomic E-state index is 11.3. The molecule has 0 heterocycles. The predicted octanol–water partition coefficient (Wildman–Crippen LogP) is 4.72. The highest BCUT2D eigenvalue weighted by Gasteiger charge is 2.20. The van der Waals surface area contributed by atoms with Gasteiger partial charge in [-0.3, -0.25) is 0 Å². The van der Waals surface area contributed by atoms with E-state index in [2.05, 4.69) is 0 Å². The number of carboxylic acid groups (broad SMARTS) is 1. The topological polar surface area (TPSA) is 46.5 Å². The lowest BCUT2D eigenvalue weighted by molar-refractivity contribution is -0.145. The largest absolute Gasteiger partial charge is 0.478 e. The Morgan fingerprint density at radius 1 is 1.05 bits per heavy atom. The zero-order chi connectivity index (χ0) is 15.4. The van der Waals surface area contributed by atoms with Gasteiger partial charge in [-0.05, 0) is 42.0 Å². The first-order valence-corrected chi connectivity index (χ1v) is 7.17. The van der Waals surface area contributed by atoms with Crippen LogP contribution in [-0.4, -0.2) is 17.2 Å². The van der Waals surface area contributed by atoms with E-state index in [0.717, 1.165) is 0 Å². The standard InChI is InChI=1S/C15H11Cl3O3/c16-10-2-1-3-13(8-10)21-14(15(19)20)6-9-4-11(17)7-12(18)5-9/h1-5,7-8,14H,6H2,(H,19,20)/t14-/m0/s1. The van der Waals surface area contributed by atoms with Crippen molar-refractivity contribution in [2.24, 2.45) is 0 Å². The first kappa shape index (κ1) is 16.0. The quantitative estimate of drug-likeness (QED) is 0.852. The molecule has 3 nitrogen and oxygen atoms in total. The third kappa shape index (κ3) is 4.81. The Morgan fingerprint density at radius 2 is 1.71 bits per heavy atom. The van der Waals surface area contributed by atoms with Gasteiger partial charge in [-0.15, -0.1) is 0 Å². The second-order valence-electron chi connectivity index (χ2n) is 4.38. The molecule has 1 N–H and O–H groups in total. The van der Waals surface area contributed by atoms with Crippen LogP contribution in [-0.2, 0) is 11.2 Å². The average Bonchev–Trinajstić information content (AvgIpc) is 2.36. The summed E-state index contributed by atoms with van der Waals surface area (Å²) in [7, 11) is 0. The Morgan fingerprint density at radius 3 is 2.29 bits per heavy atom. The summed E-state index contributed by atoms with van der Waals surface area (Å²) >= 11 is 17.7. The lowest BCUT2D eigenvalue weighted by Gasteiger charge is -2.15. The molecule has 6 heteroatoms. The van der Waals surface area contributed by atoms with Crippen molar-refractivity contribution in [3.63, 3.8) is 0 Å². The molecule has 0 aliphatic heterocycles. The molecule has 0 aromatic heterocycles. The molecule has 0 bridgehead atoms.